The van der Waals surface area contributed by atoms with Crippen molar-refractivity contribution in [3.8, 4) is 0 Å². The smallest absolute Gasteiger partial charge is 0.319 e. The van der Waals surface area contributed by atoms with E-state index < -0.39 is 11.6 Å². The van der Waals surface area contributed by atoms with Gasteiger partial charge in [-0.25, -0.2) is 14.7 Å². The predicted molar refractivity (Wildman–Crippen MR) is 112 cm³/mol. The number of carbonyl (C=O) groups excluding carboxylic acids is 2. The maximum atomic E-state index is 13.1. The third-order valence-corrected chi connectivity index (χ3v) is 5.45. The van der Waals surface area contributed by atoms with Gasteiger partial charge in [0.1, 0.15) is 11.4 Å². The second-order valence-electron chi connectivity index (χ2n) is 7.47. The fraction of sp³-hybridized carbons (Fsp3) is 0.273. The van der Waals surface area contributed by atoms with Gasteiger partial charge in [0.25, 0.3) is 11.5 Å². The van der Waals surface area contributed by atoms with Gasteiger partial charge in [0.2, 0.25) is 0 Å². The van der Waals surface area contributed by atoms with Gasteiger partial charge in [-0.1, -0.05) is 49.4 Å². The zero-order valence-corrected chi connectivity index (χ0v) is 16.9. The number of aromatic nitrogens is 2. The van der Waals surface area contributed by atoms with E-state index in [4.69, 9.17) is 0 Å². The molecule has 1 aromatic heterocycles. The van der Waals surface area contributed by atoms with Gasteiger partial charge >= 0.3 is 6.03 Å². The standard InChI is InChI=1S/C22H23N5O3/c1-3-26(13-18-23-17-12-8-7-11-16(17)19(28)24-18)14-27-20(29)22(2,25-21(27)30)15-9-5-4-6-10-15/h4-12H,3,13-14H2,1-2H3,(H,25,30)(H,23,24,28)/t22-/m0/s1. The van der Waals surface area contributed by atoms with Gasteiger partial charge in [0.05, 0.1) is 24.1 Å². The van der Waals surface area contributed by atoms with Crippen molar-refractivity contribution < 1.29 is 9.59 Å². The van der Waals surface area contributed by atoms with E-state index in [1.165, 1.54) is 4.90 Å². The number of benzene rings is 2. The summed E-state index contributed by atoms with van der Waals surface area (Å²) in [5.74, 6) is 0.176. The van der Waals surface area contributed by atoms with Crippen LogP contribution < -0.4 is 10.9 Å². The number of H-pyrrole nitrogens is 1. The maximum Gasteiger partial charge on any atom is 0.326 e. The van der Waals surface area contributed by atoms with Crippen LogP contribution in [0, 0.1) is 0 Å². The molecule has 1 aliphatic heterocycles. The van der Waals surface area contributed by atoms with Crippen molar-refractivity contribution in [1.82, 2.24) is 25.1 Å². The van der Waals surface area contributed by atoms with Gasteiger partial charge in [-0.3, -0.25) is 14.5 Å². The lowest BCUT2D eigenvalue weighted by Crippen LogP contribution is -2.44. The highest BCUT2D eigenvalue weighted by molar-refractivity contribution is 6.07. The van der Waals surface area contributed by atoms with Crippen molar-refractivity contribution >= 4 is 22.8 Å². The van der Waals surface area contributed by atoms with Crippen LogP contribution in [0.1, 0.15) is 25.2 Å². The van der Waals surface area contributed by atoms with Crippen LogP contribution in [0.25, 0.3) is 10.9 Å². The van der Waals surface area contributed by atoms with Crippen molar-refractivity contribution in [3.05, 3.63) is 76.3 Å². The number of aromatic amines is 1. The Bertz CT molecular complexity index is 1160. The molecule has 1 aliphatic rings. The minimum absolute atomic E-state index is 0.0973. The zero-order valence-electron chi connectivity index (χ0n) is 16.9. The molecule has 0 radical (unpaired) electrons. The molecule has 0 saturated carbocycles. The number of urea groups is 1. The molecular formula is C22H23N5O3. The number of hydrogen-bond donors (Lipinski definition) is 2. The monoisotopic (exact) mass is 405 g/mol. The van der Waals surface area contributed by atoms with E-state index in [9.17, 15) is 14.4 Å². The normalized spacial score (nSPS) is 19.0. The topological polar surface area (TPSA) is 98.4 Å². The Morgan fingerprint density at radius 1 is 1.03 bits per heavy atom. The molecule has 3 aromatic rings. The molecule has 2 heterocycles. The summed E-state index contributed by atoms with van der Waals surface area (Å²) in [4.78, 5) is 48.4. The number of hydrogen-bond acceptors (Lipinski definition) is 5. The van der Waals surface area contributed by atoms with Crippen molar-refractivity contribution in [2.24, 2.45) is 0 Å². The molecule has 154 valence electrons. The first-order valence-corrected chi connectivity index (χ1v) is 9.82. The summed E-state index contributed by atoms with van der Waals surface area (Å²) in [6.07, 6.45) is 0. The average Bonchev–Trinajstić information content (AvgIpc) is 2.97. The van der Waals surface area contributed by atoms with Crippen LogP contribution in [0.3, 0.4) is 0 Å². The molecule has 8 heteroatoms. The average molecular weight is 405 g/mol. The molecular weight excluding hydrogens is 382 g/mol. The highest BCUT2D eigenvalue weighted by Gasteiger charge is 2.49. The third kappa shape index (κ3) is 3.46. The number of para-hydroxylation sites is 1. The highest BCUT2D eigenvalue weighted by atomic mass is 16.2. The number of nitrogens with zero attached hydrogens (tertiary/aromatic N) is 3. The minimum Gasteiger partial charge on any atom is -0.319 e. The molecule has 0 spiro atoms. The van der Waals surface area contributed by atoms with Crippen LogP contribution >= 0.6 is 0 Å². The van der Waals surface area contributed by atoms with Crippen LogP contribution in [-0.4, -0.2) is 44.9 Å². The lowest BCUT2D eigenvalue weighted by molar-refractivity contribution is -0.132. The predicted octanol–water partition coefficient (Wildman–Crippen LogP) is 2.17. The third-order valence-electron chi connectivity index (χ3n) is 5.45. The number of imide groups is 1. The fourth-order valence-electron chi connectivity index (χ4n) is 3.68. The van der Waals surface area contributed by atoms with E-state index in [0.29, 0.717) is 29.8 Å². The largest absolute Gasteiger partial charge is 0.326 e. The Balaban J connectivity index is 1.55. The molecule has 0 unspecified atom stereocenters. The molecule has 0 aliphatic carbocycles. The zero-order chi connectivity index (χ0) is 21.3. The van der Waals surface area contributed by atoms with Gasteiger partial charge < -0.3 is 10.3 Å². The quantitative estimate of drug-likeness (QED) is 0.613. The Morgan fingerprint density at radius 2 is 1.73 bits per heavy atom. The van der Waals surface area contributed by atoms with Crippen molar-refractivity contribution in [1.29, 1.82) is 0 Å². The number of carbonyl (C=O) groups is 2. The maximum absolute atomic E-state index is 13.1. The van der Waals surface area contributed by atoms with E-state index in [2.05, 4.69) is 15.3 Å². The summed E-state index contributed by atoms with van der Waals surface area (Å²) in [5.41, 5.74) is 0.0273. The molecule has 1 atom stereocenters. The van der Waals surface area contributed by atoms with Gasteiger partial charge in [-0.2, -0.15) is 0 Å². The van der Waals surface area contributed by atoms with Gasteiger partial charge in [-0.05, 0) is 31.2 Å². The molecule has 1 saturated heterocycles. The van der Waals surface area contributed by atoms with Crippen molar-refractivity contribution in [2.75, 3.05) is 13.2 Å². The number of rotatable bonds is 6. The van der Waals surface area contributed by atoms with Crippen molar-refractivity contribution in [3.63, 3.8) is 0 Å². The lowest BCUT2D eigenvalue weighted by atomic mass is 9.92. The van der Waals surface area contributed by atoms with E-state index in [1.807, 2.05) is 48.2 Å². The summed E-state index contributed by atoms with van der Waals surface area (Å²) >= 11 is 0. The Morgan fingerprint density at radius 3 is 2.47 bits per heavy atom. The fourth-order valence-corrected chi connectivity index (χ4v) is 3.68. The summed E-state index contributed by atoms with van der Waals surface area (Å²) in [7, 11) is 0. The van der Waals surface area contributed by atoms with E-state index >= 15 is 0 Å². The second-order valence-corrected chi connectivity index (χ2v) is 7.47. The molecule has 1 fully saturated rings. The van der Waals surface area contributed by atoms with E-state index in [-0.39, 0.29) is 18.1 Å². The van der Waals surface area contributed by atoms with Crippen molar-refractivity contribution in [2.45, 2.75) is 25.9 Å². The number of fused-ring (bicyclic) bond motifs is 1. The van der Waals surface area contributed by atoms with Gasteiger partial charge in [-0.15, -0.1) is 0 Å². The Kier molecular flexibility index (Phi) is 5.09. The second kappa shape index (κ2) is 7.72. The first-order chi connectivity index (χ1) is 14.4. The van der Waals surface area contributed by atoms with Crippen LogP contribution in [0.15, 0.2) is 59.4 Å². The first-order valence-electron chi connectivity index (χ1n) is 9.82. The molecule has 2 aromatic carbocycles. The molecule has 30 heavy (non-hydrogen) atoms. The minimum atomic E-state index is -1.10. The summed E-state index contributed by atoms with van der Waals surface area (Å²) in [5, 5.41) is 3.34. The molecule has 4 rings (SSSR count). The molecule has 0 bridgehead atoms. The molecule has 8 nitrogen and oxygen atoms in total. The highest BCUT2D eigenvalue weighted by Crippen LogP contribution is 2.28. The van der Waals surface area contributed by atoms with Gasteiger partial charge in [0.15, 0.2) is 0 Å². The van der Waals surface area contributed by atoms with Gasteiger partial charge in [0, 0.05) is 0 Å². The number of nitrogens with one attached hydrogen (secondary N) is 2. The van der Waals surface area contributed by atoms with Crippen LogP contribution in [0.5, 0.6) is 0 Å². The molecule has 3 amide bonds. The SMILES string of the molecule is CCN(Cc1nc2ccccc2c(=O)[nH]1)CN1C(=O)N[C@@](C)(c2ccccc2)C1=O. The van der Waals surface area contributed by atoms with Crippen LogP contribution in [0.2, 0.25) is 0 Å². The number of amides is 3. The van der Waals surface area contributed by atoms with Crippen LogP contribution in [-0.2, 0) is 16.9 Å². The van der Waals surface area contributed by atoms with E-state index in [1.54, 1.807) is 25.1 Å². The first kappa shape index (κ1) is 19.8. The van der Waals surface area contributed by atoms with E-state index in [0.717, 1.165) is 5.56 Å². The van der Waals surface area contributed by atoms with Crippen LogP contribution in [0.4, 0.5) is 4.79 Å². The Hall–Kier alpha value is -3.52. The summed E-state index contributed by atoms with van der Waals surface area (Å²) < 4.78 is 0. The summed E-state index contributed by atoms with van der Waals surface area (Å²) in [6.45, 7) is 4.60. The Labute approximate surface area is 173 Å². The summed E-state index contributed by atoms with van der Waals surface area (Å²) in [6, 6.07) is 15.9. The molecule has 2 N–H and O–H groups in total. The lowest BCUT2D eigenvalue weighted by Gasteiger charge is -2.26.